The number of aliphatic hydroxyl groups is 1. The molecule has 1 rings (SSSR count). The first-order valence-electron chi connectivity index (χ1n) is 5.99. The van der Waals surface area contributed by atoms with Gasteiger partial charge in [-0.25, -0.2) is 0 Å². The fourth-order valence-corrected chi connectivity index (χ4v) is 1.33. The second-order valence-electron chi connectivity index (χ2n) is 3.35. The van der Waals surface area contributed by atoms with Gasteiger partial charge in [0.2, 0.25) is 0 Å². The summed E-state index contributed by atoms with van der Waals surface area (Å²) in [6.45, 7) is 4.11. The predicted molar refractivity (Wildman–Crippen MR) is 67.4 cm³/mol. The average Bonchev–Trinajstić information content (AvgIpc) is 2.37. The molecule has 16 heavy (non-hydrogen) atoms. The van der Waals surface area contributed by atoms with Crippen molar-refractivity contribution >= 4 is 5.78 Å². The SMILES string of the molecule is CC.O=C(CCCO)CCc1ccccc1. The van der Waals surface area contributed by atoms with Gasteiger partial charge in [-0.1, -0.05) is 44.2 Å². The highest BCUT2D eigenvalue weighted by atomic mass is 16.3. The van der Waals surface area contributed by atoms with Crippen LogP contribution in [-0.2, 0) is 11.2 Å². The number of hydrogen-bond acceptors (Lipinski definition) is 2. The Hall–Kier alpha value is -1.15. The number of carbonyl (C=O) groups is 1. The van der Waals surface area contributed by atoms with Gasteiger partial charge >= 0.3 is 0 Å². The highest BCUT2D eigenvalue weighted by molar-refractivity contribution is 5.78. The second-order valence-corrected chi connectivity index (χ2v) is 3.35. The quantitative estimate of drug-likeness (QED) is 0.803. The zero-order valence-electron chi connectivity index (χ0n) is 10.3. The van der Waals surface area contributed by atoms with Crippen LogP contribution in [0.2, 0.25) is 0 Å². The molecule has 0 bridgehead atoms. The van der Waals surface area contributed by atoms with E-state index in [0.29, 0.717) is 19.3 Å². The highest BCUT2D eigenvalue weighted by Crippen LogP contribution is 2.04. The third-order valence-corrected chi connectivity index (χ3v) is 2.15. The molecule has 90 valence electrons. The van der Waals surface area contributed by atoms with E-state index in [0.717, 1.165) is 6.42 Å². The number of hydrogen-bond donors (Lipinski definition) is 1. The number of aryl methyl sites for hydroxylation is 1. The molecule has 1 aromatic rings. The topological polar surface area (TPSA) is 37.3 Å². The molecule has 0 saturated heterocycles. The smallest absolute Gasteiger partial charge is 0.133 e. The van der Waals surface area contributed by atoms with Gasteiger partial charge < -0.3 is 5.11 Å². The van der Waals surface area contributed by atoms with Gasteiger partial charge in [-0.2, -0.15) is 0 Å². The van der Waals surface area contributed by atoms with Crippen molar-refractivity contribution < 1.29 is 9.90 Å². The summed E-state index contributed by atoms with van der Waals surface area (Å²) >= 11 is 0. The zero-order valence-corrected chi connectivity index (χ0v) is 10.3. The lowest BCUT2D eigenvalue weighted by molar-refractivity contribution is -0.119. The third kappa shape index (κ3) is 7.18. The van der Waals surface area contributed by atoms with Crippen molar-refractivity contribution in [1.29, 1.82) is 0 Å². The lowest BCUT2D eigenvalue weighted by Gasteiger charge is -2.00. The van der Waals surface area contributed by atoms with Gasteiger partial charge in [0.25, 0.3) is 0 Å². The molecule has 1 N–H and O–H groups in total. The largest absolute Gasteiger partial charge is 0.396 e. The van der Waals surface area contributed by atoms with Gasteiger partial charge in [-0.3, -0.25) is 4.79 Å². The molecule has 0 aliphatic heterocycles. The van der Waals surface area contributed by atoms with Crippen LogP contribution < -0.4 is 0 Å². The molecule has 0 spiro atoms. The fraction of sp³-hybridized carbons (Fsp3) is 0.500. The van der Waals surface area contributed by atoms with E-state index in [4.69, 9.17) is 5.11 Å². The first-order chi connectivity index (χ1) is 7.83. The summed E-state index contributed by atoms with van der Waals surface area (Å²) in [6, 6.07) is 9.98. The molecule has 0 radical (unpaired) electrons. The lowest BCUT2D eigenvalue weighted by atomic mass is 10.1. The summed E-state index contributed by atoms with van der Waals surface area (Å²) < 4.78 is 0. The summed E-state index contributed by atoms with van der Waals surface area (Å²) in [5, 5.41) is 8.55. The zero-order chi connectivity index (χ0) is 12.2. The van der Waals surface area contributed by atoms with Crippen molar-refractivity contribution in [2.24, 2.45) is 0 Å². The molecule has 0 fully saturated rings. The number of rotatable bonds is 6. The van der Waals surface area contributed by atoms with Crippen LogP contribution >= 0.6 is 0 Å². The van der Waals surface area contributed by atoms with E-state index in [2.05, 4.69) is 0 Å². The monoisotopic (exact) mass is 222 g/mol. The Kier molecular flexibility index (Phi) is 9.63. The Morgan fingerprint density at radius 3 is 2.31 bits per heavy atom. The molecule has 0 heterocycles. The van der Waals surface area contributed by atoms with Crippen LogP contribution in [0, 0.1) is 0 Å². The molecular formula is C14H22O2. The van der Waals surface area contributed by atoms with E-state index in [1.54, 1.807) is 0 Å². The summed E-state index contributed by atoms with van der Waals surface area (Å²) in [4.78, 5) is 11.3. The molecule has 0 amide bonds. The van der Waals surface area contributed by atoms with Crippen LogP contribution in [0.4, 0.5) is 0 Å². The van der Waals surface area contributed by atoms with Crippen LogP contribution in [0.5, 0.6) is 0 Å². The summed E-state index contributed by atoms with van der Waals surface area (Å²) in [5.41, 5.74) is 1.20. The molecule has 0 atom stereocenters. The van der Waals surface area contributed by atoms with E-state index in [9.17, 15) is 4.79 Å². The summed E-state index contributed by atoms with van der Waals surface area (Å²) in [6.07, 6.45) is 2.49. The standard InChI is InChI=1S/C12H16O2.C2H6/c13-10-4-7-12(14)9-8-11-5-2-1-3-6-11;1-2/h1-3,5-6,13H,4,7-10H2;1-2H3. The van der Waals surface area contributed by atoms with E-state index in [-0.39, 0.29) is 12.4 Å². The minimum atomic E-state index is 0.108. The van der Waals surface area contributed by atoms with Crippen molar-refractivity contribution in [3.8, 4) is 0 Å². The maximum atomic E-state index is 11.3. The molecule has 0 aromatic heterocycles. The number of carbonyl (C=O) groups excluding carboxylic acids is 1. The van der Waals surface area contributed by atoms with Crippen molar-refractivity contribution in [2.45, 2.75) is 39.5 Å². The Morgan fingerprint density at radius 2 is 1.75 bits per heavy atom. The van der Waals surface area contributed by atoms with Crippen molar-refractivity contribution in [3.63, 3.8) is 0 Å². The highest BCUT2D eigenvalue weighted by Gasteiger charge is 2.01. The van der Waals surface area contributed by atoms with Crippen LogP contribution in [0.3, 0.4) is 0 Å². The molecule has 0 saturated carbocycles. The Bertz CT molecular complexity index is 267. The van der Waals surface area contributed by atoms with Crippen molar-refractivity contribution in [3.05, 3.63) is 35.9 Å². The minimum absolute atomic E-state index is 0.108. The number of Topliss-reactive ketones (excluding diaryl/α,β-unsaturated/α-hetero) is 1. The van der Waals surface area contributed by atoms with Gasteiger partial charge in [-0.15, -0.1) is 0 Å². The van der Waals surface area contributed by atoms with E-state index < -0.39 is 0 Å². The third-order valence-electron chi connectivity index (χ3n) is 2.15. The van der Waals surface area contributed by atoms with Crippen LogP contribution in [0.1, 0.15) is 38.7 Å². The first kappa shape index (κ1) is 14.8. The molecule has 2 nitrogen and oxygen atoms in total. The Morgan fingerprint density at radius 1 is 1.12 bits per heavy atom. The summed E-state index contributed by atoms with van der Waals surface area (Å²) in [5.74, 6) is 0.239. The van der Waals surface area contributed by atoms with Crippen LogP contribution in [0.25, 0.3) is 0 Å². The molecule has 0 unspecified atom stereocenters. The fourth-order valence-electron chi connectivity index (χ4n) is 1.33. The molecule has 1 aromatic carbocycles. The maximum absolute atomic E-state index is 11.3. The summed E-state index contributed by atoms with van der Waals surface area (Å²) in [7, 11) is 0. The lowest BCUT2D eigenvalue weighted by Crippen LogP contribution is -2.01. The van der Waals surface area contributed by atoms with Crippen molar-refractivity contribution in [1.82, 2.24) is 0 Å². The second kappa shape index (κ2) is 10.4. The van der Waals surface area contributed by atoms with E-state index in [1.165, 1.54) is 5.56 Å². The van der Waals surface area contributed by atoms with Gasteiger partial charge in [0.1, 0.15) is 5.78 Å². The number of ketones is 1. The first-order valence-corrected chi connectivity index (χ1v) is 5.99. The van der Waals surface area contributed by atoms with E-state index in [1.807, 2.05) is 44.2 Å². The van der Waals surface area contributed by atoms with Gasteiger partial charge in [-0.05, 0) is 18.4 Å². The number of aliphatic hydroxyl groups excluding tert-OH is 1. The van der Waals surface area contributed by atoms with Gasteiger partial charge in [0, 0.05) is 19.4 Å². The van der Waals surface area contributed by atoms with Gasteiger partial charge in [0.15, 0.2) is 0 Å². The average molecular weight is 222 g/mol. The molecular weight excluding hydrogens is 200 g/mol. The molecule has 0 aliphatic carbocycles. The number of benzene rings is 1. The van der Waals surface area contributed by atoms with E-state index >= 15 is 0 Å². The van der Waals surface area contributed by atoms with Gasteiger partial charge in [0.05, 0.1) is 0 Å². The maximum Gasteiger partial charge on any atom is 0.133 e. The van der Waals surface area contributed by atoms with Crippen LogP contribution in [-0.4, -0.2) is 17.5 Å². The van der Waals surface area contributed by atoms with Crippen molar-refractivity contribution in [2.75, 3.05) is 6.61 Å². The Labute approximate surface area is 98.3 Å². The normalized spacial score (nSPS) is 9.19. The molecule has 2 heteroatoms. The Balaban J connectivity index is 0.00000106. The predicted octanol–water partition coefficient (Wildman–Crippen LogP) is 2.99. The van der Waals surface area contributed by atoms with Crippen LogP contribution in [0.15, 0.2) is 30.3 Å². The minimum Gasteiger partial charge on any atom is -0.396 e. The molecule has 0 aliphatic rings.